The van der Waals surface area contributed by atoms with Crippen LogP contribution in [0.1, 0.15) is 35.1 Å². The summed E-state index contributed by atoms with van der Waals surface area (Å²) in [6.45, 7) is 8.00. The average molecular weight is 573 g/mol. The molecule has 7 heteroatoms. The number of nitrogens with zero attached hydrogens (tertiary/aromatic N) is 4. The van der Waals surface area contributed by atoms with Gasteiger partial charge in [-0.2, -0.15) is 5.10 Å². The van der Waals surface area contributed by atoms with E-state index in [1.165, 1.54) is 35.1 Å². The van der Waals surface area contributed by atoms with Gasteiger partial charge in [-0.05, 0) is 61.5 Å². The van der Waals surface area contributed by atoms with Crippen molar-refractivity contribution in [2.75, 3.05) is 26.7 Å². The van der Waals surface area contributed by atoms with Crippen molar-refractivity contribution in [3.63, 3.8) is 0 Å². The molecule has 1 aliphatic rings. The van der Waals surface area contributed by atoms with Crippen molar-refractivity contribution >= 4 is 29.9 Å². The van der Waals surface area contributed by atoms with Crippen LogP contribution in [0.2, 0.25) is 0 Å². The van der Waals surface area contributed by atoms with E-state index in [1.807, 2.05) is 30.2 Å². The lowest BCUT2D eigenvalue weighted by Gasteiger charge is -2.32. The maximum atomic E-state index is 4.44. The molecule has 2 heterocycles. The summed E-state index contributed by atoms with van der Waals surface area (Å²) in [7, 11) is 1.84. The van der Waals surface area contributed by atoms with Crippen LogP contribution in [-0.4, -0.2) is 47.3 Å². The zero-order valence-electron chi connectivity index (χ0n) is 20.3. The van der Waals surface area contributed by atoms with Crippen molar-refractivity contribution in [1.29, 1.82) is 0 Å². The number of likely N-dealkylation sites (tertiary alicyclic amines) is 1. The van der Waals surface area contributed by atoms with Gasteiger partial charge in [0, 0.05) is 39.1 Å². The van der Waals surface area contributed by atoms with Gasteiger partial charge >= 0.3 is 0 Å². The molecule has 0 aliphatic carbocycles. The van der Waals surface area contributed by atoms with Crippen molar-refractivity contribution in [2.45, 2.75) is 39.4 Å². The van der Waals surface area contributed by atoms with Gasteiger partial charge in [0.2, 0.25) is 0 Å². The molecule has 3 aromatic rings. The third-order valence-corrected chi connectivity index (χ3v) is 6.47. The van der Waals surface area contributed by atoms with Crippen LogP contribution < -0.4 is 10.6 Å². The molecule has 1 aliphatic heterocycles. The summed E-state index contributed by atoms with van der Waals surface area (Å²) in [4.78, 5) is 7.01. The number of guanidine groups is 1. The molecule has 0 radical (unpaired) electrons. The van der Waals surface area contributed by atoms with Crippen molar-refractivity contribution < 1.29 is 0 Å². The lowest BCUT2D eigenvalue weighted by molar-refractivity contribution is 0.178. The normalized spacial score (nSPS) is 15.1. The fraction of sp³-hybridized carbons (Fsp3) is 0.407. The molecular formula is C27H37IN6. The van der Waals surface area contributed by atoms with Gasteiger partial charge in [0.25, 0.3) is 0 Å². The van der Waals surface area contributed by atoms with Crippen LogP contribution in [0.25, 0.3) is 0 Å². The van der Waals surface area contributed by atoms with Crippen LogP contribution in [0.4, 0.5) is 0 Å². The molecule has 0 atom stereocenters. The second-order valence-corrected chi connectivity index (χ2v) is 8.98. The van der Waals surface area contributed by atoms with Gasteiger partial charge in [-0.15, -0.1) is 24.0 Å². The molecule has 0 amide bonds. The summed E-state index contributed by atoms with van der Waals surface area (Å²) in [5.74, 6) is 1.55. The Morgan fingerprint density at radius 2 is 1.71 bits per heavy atom. The molecule has 1 saturated heterocycles. The molecule has 0 unspecified atom stereocenters. The molecule has 2 N–H and O–H groups in total. The lowest BCUT2D eigenvalue weighted by Crippen LogP contribution is -2.42. The van der Waals surface area contributed by atoms with Gasteiger partial charge in [-0.25, -0.2) is 0 Å². The molecule has 4 rings (SSSR count). The monoisotopic (exact) mass is 572 g/mol. The Morgan fingerprint density at radius 1 is 0.971 bits per heavy atom. The first kappa shape index (κ1) is 26.2. The average Bonchev–Trinajstić information content (AvgIpc) is 3.36. The summed E-state index contributed by atoms with van der Waals surface area (Å²) >= 11 is 0. The maximum Gasteiger partial charge on any atom is 0.191 e. The number of rotatable bonds is 8. The molecule has 1 fully saturated rings. The van der Waals surface area contributed by atoms with Crippen molar-refractivity contribution in [2.24, 2.45) is 10.9 Å². The van der Waals surface area contributed by atoms with E-state index in [4.69, 9.17) is 0 Å². The van der Waals surface area contributed by atoms with E-state index in [9.17, 15) is 0 Å². The molecular weight excluding hydrogens is 535 g/mol. The number of aliphatic imine (C=N–C) groups is 1. The largest absolute Gasteiger partial charge is 0.356 e. The first-order chi connectivity index (χ1) is 16.2. The van der Waals surface area contributed by atoms with Gasteiger partial charge in [0.1, 0.15) is 0 Å². The van der Waals surface area contributed by atoms with Crippen LogP contribution in [-0.2, 0) is 19.6 Å². The van der Waals surface area contributed by atoms with Gasteiger partial charge < -0.3 is 10.6 Å². The smallest absolute Gasteiger partial charge is 0.191 e. The highest BCUT2D eigenvalue weighted by molar-refractivity contribution is 14.0. The first-order valence-corrected chi connectivity index (χ1v) is 12.0. The highest BCUT2D eigenvalue weighted by Crippen LogP contribution is 2.19. The minimum absolute atomic E-state index is 0. The first-order valence-electron chi connectivity index (χ1n) is 12.0. The summed E-state index contributed by atoms with van der Waals surface area (Å²) < 4.78 is 1.96. The standard InChI is InChI=1S/C27H36N6.HI/c1-22-8-10-24(11-9-22)20-32-16-12-23(13-17-32)18-29-27(28-2)30-19-25-6-3-4-7-26(25)21-33-15-5-14-31-33;/h3-11,14-15,23H,12-13,16-21H2,1-2H3,(H2,28,29,30);1H. The van der Waals surface area contributed by atoms with Crippen LogP contribution in [0, 0.1) is 12.8 Å². The summed E-state index contributed by atoms with van der Waals surface area (Å²) in [6, 6.07) is 19.4. The van der Waals surface area contributed by atoms with Gasteiger partial charge in [0.05, 0.1) is 6.54 Å². The van der Waals surface area contributed by atoms with Crippen LogP contribution in [0.5, 0.6) is 0 Å². The molecule has 0 saturated carbocycles. The van der Waals surface area contributed by atoms with Crippen LogP contribution in [0.15, 0.2) is 72.0 Å². The number of aromatic nitrogens is 2. The zero-order valence-corrected chi connectivity index (χ0v) is 22.6. The maximum absolute atomic E-state index is 4.44. The van der Waals surface area contributed by atoms with E-state index in [0.29, 0.717) is 5.92 Å². The van der Waals surface area contributed by atoms with E-state index in [0.717, 1.165) is 45.2 Å². The fourth-order valence-electron chi connectivity index (χ4n) is 4.39. The topological polar surface area (TPSA) is 57.5 Å². The summed E-state index contributed by atoms with van der Waals surface area (Å²) in [6.07, 6.45) is 6.27. The quantitative estimate of drug-likeness (QED) is 0.238. The molecule has 2 aromatic carbocycles. The second-order valence-electron chi connectivity index (χ2n) is 8.98. The number of piperidine rings is 1. The highest BCUT2D eigenvalue weighted by Gasteiger charge is 2.19. The molecule has 6 nitrogen and oxygen atoms in total. The van der Waals surface area contributed by atoms with E-state index in [2.05, 4.69) is 81.1 Å². The third-order valence-electron chi connectivity index (χ3n) is 6.47. The Morgan fingerprint density at radius 3 is 2.38 bits per heavy atom. The number of benzene rings is 2. The number of hydrogen-bond acceptors (Lipinski definition) is 3. The minimum atomic E-state index is 0. The Balaban J connectivity index is 0.00000324. The third kappa shape index (κ3) is 7.84. The molecule has 1 aromatic heterocycles. The van der Waals surface area contributed by atoms with E-state index >= 15 is 0 Å². The predicted octanol–water partition coefficient (Wildman–Crippen LogP) is 4.44. The van der Waals surface area contributed by atoms with E-state index in [1.54, 1.807) is 0 Å². The highest BCUT2D eigenvalue weighted by atomic mass is 127. The molecule has 34 heavy (non-hydrogen) atoms. The lowest BCUT2D eigenvalue weighted by atomic mass is 9.96. The second kappa shape index (κ2) is 13.5. The SMILES string of the molecule is CN=C(NCc1ccccc1Cn1cccn1)NCC1CCN(Cc2ccc(C)cc2)CC1.I. The van der Waals surface area contributed by atoms with E-state index < -0.39 is 0 Å². The van der Waals surface area contributed by atoms with Gasteiger partial charge in [-0.1, -0.05) is 54.1 Å². The Labute approximate surface area is 220 Å². The van der Waals surface area contributed by atoms with Crippen molar-refractivity contribution in [3.8, 4) is 0 Å². The summed E-state index contributed by atoms with van der Waals surface area (Å²) in [5, 5.41) is 11.4. The predicted molar refractivity (Wildman–Crippen MR) is 151 cm³/mol. The minimum Gasteiger partial charge on any atom is -0.356 e. The van der Waals surface area contributed by atoms with Crippen LogP contribution >= 0.6 is 24.0 Å². The Bertz CT molecular complexity index is 1010. The van der Waals surface area contributed by atoms with Gasteiger partial charge in [-0.3, -0.25) is 14.6 Å². The number of nitrogens with one attached hydrogen (secondary N) is 2. The number of aryl methyl sites for hydroxylation is 1. The fourth-order valence-corrected chi connectivity index (χ4v) is 4.39. The van der Waals surface area contributed by atoms with E-state index in [-0.39, 0.29) is 24.0 Å². The zero-order chi connectivity index (χ0) is 22.9. The Kier molecular flexibility index (Phi) is 10.4. The molecule has 0 bridgehead atoms. The molecule has 0 spiro atoms. The summed E-state index contributed by atoms with van der Waals surface area (Å²) in [5.41, 5.74) is 5.27. The van der Waals surface area contributed by atoms with Crippen molar-refractivity contribution in [1.82, 2.24) is 25.3 Å². The van der Waals surface area contributed by atoms with Crippen LogP contribution in [0.3, 0.4) is 0 Å². The number of hydrogen-bond donors (Lipinski definition) is 2. The number of halogens is 1. The molecule has 182 valence electrons. The van der Waals surface area contributed by atoms with Crippen molar-refractivity contribution in [3.05, 3.63) is 89.2 Å². The Hall–Kier alpha value is -2.39. The van der Waals surface area contributed by atoms with Gasteiger partial charge in [0.15, 0.2) is 5.96 Å².